The molecule has 0 saturated heterocycles. The first-order valence-corrected chi connectivity index (χ1v) is 7.49. The number of hydrogen-bond donors (Lipinski definition) is 1. The van der Waals surface area contributed by atoms with Crippen LogP contribution in [-0.4, -0.2) is 31.2 Å². The number of ether oxygens (including phenoxy) is 3. The third-order valence-corrected chi connectivity index (χ3v) is 3.07. The van der Waals surface area contributed by atoms with E-state index in [4.69, 9.17) is 19.4 Å². The van der Waals surface area contributed by atoms with Crippen molar-refractivity contribution in [3.05, 3.63) is 53.6 Å². The Morgan fingerprint density at radius 3 is 2.57 bits per heavy atom. The zero-order valence-electron chi connectivity index (χ0n) is 13.4. The second-order valence-electron chi connectivity index (χ2n) is 4.90. The predicted molar refractivity (Wildman–Crippen MR) is 89.2 cm³/mol. The van der Waals surface area contributed by atoms with Crippen LogP contribution in [0, 0.1) is 6.92 Å². The van der Waals surface area contributed by atoms with Crippen LogP contribution < -0.4 is 14.2 Å². The van der Waals surface area contributed by atoms with Gasteiger partial charge in [-0.2, -0.15) is 0 Å². The van der Waals surface area contributed by atoms with Gasteiger partial charge in [-0.15, -0.1) is 0 Å². The Hall–Kier alpha value is -2.69. The Morgan fingerprint density at radius 2 is 1.83 bits per heavy atom. The summed E-state index contributed by atoms with van der Waals surface area (Å²) in [5.74, 6) is 2.07. The fourth-order valence-corrected chi connectivity index (χ4v) is 2.08. The van der Waals surface area contributed by atoms with E-state index < -0.39 is 0 Å². The molecule has 0 aromatic heterocycles. The Balaban J connectivity index is 1.91. The standard InChI is InChI=1S/C18H21NO4/c1-3-21-18-12-15(13-19-20)7-8-17(18)23-10-9-22-16-6-4-5-14(2)11-16/h4-8,11-13,20H,3,9-10H2,1-2H3/b19-13+. The summed E-state index contributed by atoms with van der Waals surface area (Å²) in [6.07, 6.45) is 1.34. The average molecular weight is 315 g/mol. The van der Waals surface area contributed by atoms with Crippen LogP contribution in [0.25, 0.3) is 0 Å². The van der Waals surface area contributed by atoms with Crippen LogP contribution in [-0.2, 0) is 0 Å². The maximum absolute atomic E-state index is 8.59. The largest absolute Gasteiger partial charge is 0.490 e. The topological polar surface area (TPSA) is 60.3 Å². The fraction of sp³-hybridized carbons (Fsp3) is 0.278. The highest BCUT2D eigenvalue weighted by Crippen LogP contribution is 2.28. The van der Waals surface area contributed by atoms with E-state index in [9.17, 15) is 0 Å². The van der Waals surface area contributed by atoms with Crippen LogP contribution >= 0.6 is 0 Å². The van der Waals surface area contributed by atoms with Gasteiger partial charge in [-0.3, -0.25) is 0 Å². The third-order valence-electron chi connectivity index (χ3n) is 3.07. The van der Waals surface area contributed by atoms with Crippen molar-refractivity contribution in [1.82, 2.24) is 0 Å². The summed E-state index contributed by atoms with van der Waals surface area (Å²) >= 11 is 0. The van der Waals surface area contributed by atoms with Crippen molar-refractivity contribution >= 4 is 6.21 Å². The minimum atomic E-state index is 0.404. The maximum Gasteiger partial charge on any atom is 0.161 e. The second-order valence-corrected chi connectivity index (χ2v) is 4.90. The summed E-state index contributed by atoms with van der Waals surface area (Å²) in [4.78, 5) is 0. The van der Waals surface area contributed by atoms with Gasteiger partial charge >= 0.3 is 0 Å². The number of aryl methyl sites for hydroxylation is 1. The molecule has 122 valence electrons. The summed E-state index contributed by atoms with van der Waals surface area (Å²) in [6, 6.07) is 13.2. The quantitative estimate of drug-likeness (QED) is 0.349. The number of oxime groups is 1. The lowest BCUT2D eigenvalue weighted by atomic mass is 10.2. The molecule has 5 nitrogen and oxygen atoms in total. The Bertz CT molecular complexity index is 655. The summed E-state index contributed by atoms with van der Waals surface area (Å²) in [6.45, 7) is 5.29. The molecule has 0 aliphatic heterocycles. The Labute approximate surface area is 136 Å². The first kappa shape index (κ1) is 16.7. The highest BCUT2D eigenvalue weighted by molar-refractivity contribution is 5.80. The zero-order valence-corrected chi connectivity index (χ0v) is 13.4. The van der Waals surface area contributed by atoms with E-state index in [1.54, 1.807) is 18.2 Å². The SMILES string of the molecule is CCOc1cc(/C=N/O)ccc1OCCOc1cccc(C)c1. The lowest BCUT2D eigenvalue weighted by molar-refractivity contribution is 0.208. The van der Waals surface area contributed by atoms with E-state index in [2.05, 4.69) is 5.16 Å². The molecule has 0 saturated carbocycles. The summed E-state index contributed by atoms with van der Waals surface area (Å²) in [5.41, 5.74) is 1.89. The molecule has 0 aliphatic rings. The number of hydrogen-bond acceptors (Lipinski definition) is 5. The molecule has 0 atom stereocenters. The molecule has 2 aromatic rings. The molecule has 0 bridgehead atoms. The number of rotatable bonds is 8. The number of nitrogens with zero attached hydrogens (tertiary/aromatic N) is 1. The molecule has 0 unspecified atom stereocenters. The molecule has 0 heterocycles. The molecule has 0 radical (unpaired) electrons. The van der Waals surface area contributed by atoms with Crippen LogP contribution in [0.2, 0.25) is 0 Å². The van der Waals surface area contributed by atoms with Gasteiger partial charge in [0.05, 0.1) is 12.8 Å². The molecule has 5 heteroatoms. The second kappa shape index (κ2) is 8.68. The monoisotopic (exact) mass is 315 g/mol. The van der Waals surface area contributed by atoms with Crippen molar-refractivity contribution < 1.29 is 19.4 Å². The smallest absolute Gasteiger partial charge is 0.161 e. The van der Waals surface area contributed by atoms with E-state index >= 15 is 0 Å². The number of benzene rings is 2. The lowest BCUT2D eigenvalue weighted by Crippen LogP contribution is -2.10. The molecule has 2 rings (SSSR count). The molecular weight excluding hydrogens is 294 g/mol. The van der Waals surface area contributed by atoms with Crippen molar-refractivity contribution in [2.24, 2.45) is 5.16 Å². The van der Waals surface area contributed by atoms with Crippen molar-refractivity contribution in [2.75, 3.05) is 19.8 Å². The minimum Gasteiger partial charge on any atom is -0.490 e. The Morgan fingerprint density at radius 1 is 1.00 bits per heavy atom. The minimum absolute atomic E-state index is 0.404. The molecular formula is C18H21NO4. The first-order chi connectivity index (χ1) is 11.2. The molecule has 0 amide bonds. The molecule has 0 aliphatic carbocycles. The summed E-state index contributed by atoms with van der Waals surface area (Å²) < 4.78 is 16.9. The molecule has 0 fully saturated rings. The maximum atomic E-state index is 8.59. The van der Waals surface area contributed by atoms with Crippen molar-refractivity contribution in [2.45, 2.75) is 13.8 Å². The van der Waals surface area contributed by atoms with Crippen molar-refractivity contribution in [1.29, 1.82) is 0 Å². The van der Waals surface area contributed by atoms with Gasteiger partial charge < -0.3 is 19.4 Å². The van der Waals surface area contributed by atoms with Gasteiger partial charge in [0.15, 0.2) is 11.5 Å². The average Bonchev–Trinajstić information content (AvgIpc) is 2.54. The van der Waals surface area contributed by atoms with Crippen LogP contribution in [0.1, 0.15) is 18.1 Å². The van der Waals surface area contributed by atoms with Crippen molar-refractivity contribution in [3.8, 4) is 17.2 Å². The van der Waals surface area contributed by atoms with Gasteiger partial charge in [-0.1, -0.05) is 17.3 Å². The van der Waals surface area contributed by atoms with E-state index in [0.717, 1.165) is 16.9 Å². The molecule has 2 aromatic carbocycles. The highest BCUT2D eigenvalue weighted by atomic mass is 16.5. The van der Waals surface area contributed by atoms with Crippen LogP contribution in [0.5, 0.6) is 17.2 Å². The molecule has 0 spiro atoms. The predicted octanol–water partition coefficient (Wildman–Crippen LogP) is 3.66. The van der Waals surface area contributed by atoms with Gasteiger partial charge in [0.2, 0.25) is 0 Å². The lowest BCUT2D eigenvalue weighted by Gasteiger charge is -2.13. The summed E-state index contributed by atoms with van der Waals surface area (Å²) in [5, 5.41) is 11.6. The van der Waals surface area contributed by atoms with E-state index in [1.807, 2.05) is 38.1 Å². The van der Waals surface area contributed by atoms with Crippen molar-refractivity contribution in [3.63, 3.8) is 0 Å². The van der Waals surface area contributed by atoms with Gasteiger partial charge in [-0.25, -0.2) is 0 Å². The van der Waals surface area contributed by atoms with Gasteiger partial charge in [-0.05, 0) is 49.7 Å². The normalized spacial score (nSPS) is 10.7. The van der Waals surface area contributed by atoms with Crippen LogP contribution in [0.15, 0.2) is 47.6 Å². The highest BCUT2D eigenvalue weighted by Gasteiger charge is 2.06. The van der Waals surface area contributed by atoms with E-state index in [1.165, 1.54) is 6.21 Å². The Kier molecular flexibility index (Phi) is 6.29. The molecule has 1 N–H and O–H groups in total. The fourth-order valence-electron chi connectivity index (χ4n) is 2.08. The van der Waals surface area contributed by atoms with E-state index in [-0.39, 0.29) is 0 Å². The van der Waals surface area contributed by atoms with E-state index in [0.29, 0.717) is 31.3 Å². The first-order valence-electron chi connectivity index (χ1n) is 7.49. The zero-order chi connectivity index (χ0) is 16.5. The van der Waals surface area contributed by atoms with Crippen LogP contribution in [0.4, 0.5) is 0 Å². The summed E-state index contributed by atoms with van der Waals surface area (Å²) in [7, 11) is 0. The van der Waals surface area contributed by atoms with Crippen LogP contribution in [0.3, 0.4) is 0 Å². The van der Waals surface area contributed by atoms with Gasteiger partial charge in [0, 0.05) is 5.56 Å². The van der Waals surface area contributed by atoms with Gasteiger partial charge in [0.25, 0.3) is 0 Å². The molecule has 23 heavy (non-hydrogen) atoms. The third kappa shape index (κ3) is 5.21. The van der Waals surface area contributed by atoms with Gasteiger partial charge in [0.1, 0.15) is 19.0 Å².